The van der Waals surface area contributed by atoms with Crippen LogP contribution in [0.4, 0.5) is 5.69 Å². The quantitative estimate of drug-likeness (QED) is 0.728. The van der Waals surface area contributed by atoms with E-state index >= 15 is 0 Å². The highest BCUT2D eigenvalue weighted by Gasteiger charge is 2.37. The van der Waals surface area contributed by atoms with Crippen molar-refractivity contribution in [2.75, 3.05) is 18.0 Å². The summed E-state index contributed by atoms with van der Waals surface area (Å²) in [6.45, 7) is 3.16. The van der Waals surface area contributed by atoms with Crippen LogP contribution in [0.5, 0.6) is 0 Å². The minimum atomic E-state index is -0.567. The van der Waals surface area contributed by atoms with Crippen molar-refractivity contribution >= 4 is 5.69 Å². The maximum absolute atomic E-state index is 9.60. The van der Waals surface area contributed by atoms with Crippen LogP contribution in [0.3, 0.4) is 0 Å². The average molecular weight is 193 g/mol. The van der Waals surface area contributed by atoms with E-state index in [9.17, 15) is 5.11 Å². The molecule has 1 fully saturated rings. The lowest BCUT2D eigenvalue weighted by Crippen LogP contribution is -2.60. The molecule has 0 amide bonds. The Hall–Kier alpha value is -1.06. The fourth-order valence-corrected chi connectivity index (χ4v) is 1.90. The molecule has 1 aliphatic rings. The summed E-state index contributed by atoms with van der Waals surface area (Å²) >= 11 is 0. The molecule has 0 unspecified atom stereocenters. The van der Waals surface area contributed by atoms with Crippen molar-refractivity contribution in [2.24, 2.45) is 0 Å². The summed E-state index contributed by atoms with van der Waals surface area (Å²) in [6, 6.07) is 7.73. The number of rotatable bonds is 2. The fourth-order valence-electron chi connectivity index (χ4n) is 1.90. The van der Waals surface area contributed by atoms with E-state index in [2.05, 4.69) is 4.90 Å². The van der Waals surface area contributed by atoms with Crippen molar-refractivity contribution in [3.63, 3.8) is 0 Å². The fraction of sp³-hybridized carbons (Fsp3) is 0.455. The molecule has 1 aromatic carbocycles. The van der Waals surface area contributed by atoms with Crippen LogP contribution in [-0.2, 0) is 6.61 Å². The van der Waals surface area contributed by atoms with Gasteiger partial charge in [-0.15, -0.1) is 0 Å². The van der Waals surface area contributed by atoms with Gasteiger partial charge in [-0.3, -0.25) is 0 Å². The number of hydrogen-bond donors (Lipinski definition) is 2. The van der Waals surface area contributed by atoms with Crippen LogP contribution in [-0.4, -0.2) is 28.9 Å². The van der Waals surface area contributed by atoms with Gasteiger partial charge in [0, 0.05) is 24.3 Å². The molecular formula is C11H15NO2. The third-order valence-corrected chi connectivity index (χ3v) is 2.57. The number of aliphatic hydroxyl groups is 2. The lowest BCUT2D eigenvalue weighted by atomic mass is 9.95. The highest BCUT2D eigenvalue weighted by Crippen LogP contribution is 2.29. The maximum atomic E-state index is 9.60. The highest BCUT2D eigenvalue weighted by molar-refractivity contribution is 5.56. The van der Waals surface area contributed by atoms with Crippen molar-refractivity contribution in [1.82, 2.24) is 0 Å². The molecule has 2 rings (SSSR count). The van der Waals surface area contributed by atoms with Crippen LogP contribution < -0.4 is 4.90 Å². The first kappa shape index (κ1) is 9.49. The number of aliphatic hydroxyl groups excluding tert-OH is 1. The highest BCUT2D eigenvalue weighted by atomic mass is 16.3. The molecule has 1 aliphatic heterocycles. The van der Waals surface area contributed by atoms with Gasteiger partial charge in [-0.05, 0) is 13.0 Å². The molecule has 1 saturated heterocycles. The van der Waals surface area contributed by atoms with Gasteiger partial charge in [-0.25, -0.2) is 0 Å². The number of benzene rings is 1. The first-order valence-electron chi connectivity index (χ1n) is 4.78. The van der Waals surface area contributed by atoms with Gasteiger partial charge in [0.15, 0.2) is 0 Å². The van der Waals surface area contributed by atoms with E-state index in [0.717, 1.165) is 11.3 Å². The molecule has 1 aromatic rings. The zero-order chi connectivity index (χ0) is 10.2. The van der Waals surface area contributed by atoms with Gasteiger partial charge in [0.1, 0.15) is 0 Å². The van der Waals surface area contributed by atoms with Crippen LogP contribution in [0.25, 0.3) is 0 Å². The number of hydrogen-bond acceptors (Lipinski definition) is 3. The Bertz CT molecular complexity index is 328. The molecular weight excluding hydrogens is 178 g/mol. The Balaban J connectivity index is 2.18. The second-order valence-corrected chi connectivity index (χ2v) is 4.14. The summed E-state index contributed by atoms with van der Waals surface area (Å²) in [6.07, 6.45) is 0. The largest absolute Gasteiger partial charge is 0.392 e. The molecule has 3 heteroatoms. The number of β-amino-alcohol motifs (C(OH)–C–C–N with tert-alkyl or cyclic N) is 1. The molecule has 0 aromatic heterocycles. The predicted molar refractivity (Wildman–Crippen MR) is 55.2 cm³/mol. The molecule has 0 spiro atoms. The Labute approximate surface area is 83.6 Å². The lowest BCUT2D eigenvalue weighted by Gasteiger charge is -2.46. The summed E-state index contributed by atoms with van der Waals surface area (Å²) in [7, 11) is 0. The monoisotopic (exact) mass is 193 g/mol. The molecule has 0 saturated carbocycles. The van der Waals surface area contributed by atoms with E-state index in [1.807, 2.05) is 31.2 Å². The molecule has 0 radical (unpaired) electrons. The molecule has 0 atom stereocenters. The standard InChI is InChI=1S/C11H15NO2/c1-11(14)7-12(8-11)10-5-3-2-4-9(10)6-13/h2-5,13-14H,6-8H2,1H3. The van der Waals surface area contributed by atoms with E-state index in [4.69, 9.17) is 5.11 Å². The van der Waals surface area contributed by atoms with Crippen LogP contribution in [0.15, 0.2) is 24.3 Å². The topological polar surface area (TPSA) is 43.7 Å². The Morgan fingerprint density at radius 1 is 1.36 bits per heavy atom. The second kappa shape index (κ2) is 3.26. The van der Waals surface area contributed by atoms with Gasteiger partial charge < -0.3 is 15.1 Å². The van der Waals surface area contributed by atoms with Gasteiger partial charge in [0.25, 0.3) is 0 Å². The summed E-state index contributed by atoms with van der Waals surface area (Å²) in [5.74, 6) is 0. The minimum Gasteiger partial charge on any atom is -0.392 e. The van der Waals surface area contributed by atoms with Crippen LogP contribution in [0, 0.1) is 0 Å². The number of anilines is 1. The zero-order valence-corrected chi connectivity index (χ0v) is 8.27. The van der Waals surface area contributed by atoms with Crippen LogP contribution in [0.1, 0.15) is 12.5 Å². The third kappa shape index (κ3) is 1.61. The van der Waals surface area contributed by atoms with Crippen molar-refractivity contribution in [1.29, 1.82) is 0 Å². The lowest BCUT2D eigenvalue weighted by molar-refractivity contribution is 0.0308. The molecule has 0 bridgehead atoms. The first-order valence-corrected chi connectivity index (χ1v) is 4.78. The Morgan fingerprint density at radius 3 is 2.57 bits per heavy atom. The van der Waals surface area contributed by atoms with Gasteiger partial charge >= 0.3 is 0 Å². The smallest absolute Gasteiger partial charge is 0.0967 e. The summed E-state index contributed by atoms with van der Waals surface area (Å²) < 4.78 is 0. The Morgan fingerprint density at radius 2 is 2.00 bits per heavy atom. The van der Waals surface area contributed by atoms with Crippen molar-refractivity contribution in [2.45, 2.75) is 19.1 Å². The molecule has 14 heavy (non-hydrogen) atoms. The zero-order valence-electron chi connectivity index (χ0n) is 8.27. The SMILES string of the molecule is CC1(O)CN(c2ccccc2CO)C1. The van der Waals surface area contributed by atoms with E-state index in [1.165, 1.54) is 0 Å². The van der Waals surface area contributed by atoms with Gasteiger partial charge in [0.2, 0.25) is 0 Å². The van der Waals surface area contributed by atoms with Crippen LogP contribution >= 0.6 is 0 Å². The molecule has 3 nitrogen and oxygen atoms in total. The minimum absolute atomic E-state index is 0.0504. The number of para-hydroxylation sites is 1. The predicted octanol–water partition coefficient (Wildman–Crippen LogP) is 0.750. The molecule has 76 valence electrons. The molecule has 0 aliphatic carbocycles. The summed E-state index contributed by atoms with van der Waals surface area (Å²) in [4.78, 5) is 2.07. The third-order valence-electron chi connectivity index (χ3n) is 2.57. The summed E-state index contributed by atoms with van der Waals surface area (Å²) in [5, 5.41) is 18.7. The van der Waals surface area contributed by atoms with Crippen molar-refractivity contribution < 1.29 is 10.2 Å². The maximum Gasteiger partial charge on any atom is 0.0967 e. The van der Waals surface area contributed by atoms with Gasteiger partial charge in [-0.1, -0.05) is 18.2 Å². The van der Waals surface area contributed by atoms with E-state index < -0.39 is 5.60 Å². The number of nitrogens with zero attached hydrogens (tertiary/aromatic N) is 1. The van der Waals surface area contributed by atoms with E-state index in [1.54, 1.807) is 0 Å². The first-order chi connectivity index (χ1) is 6.62. The Kier molecular flexibility index (Phi) is 2.21. The summed E-state index contributed by atoms with van der Waals surface area (Å²) in [5.41, 5.74) is 1.38. The normalized spacial score (nSPS) is 19.2. The van der Waals surface area contributed by atoms with Gasteiger partial charge in [-0.2, -0.15) is 0 Å². The van der Waals surface area contributed by atoms with Crippen LogP contribution in [0.2, 0.25) is 0 Å². The van der Waals surface area contributed by atoms with E-state index in [-0.39, 0.29) is 6.61 Å². The van der Waals surface area contributed by atoms with Gasteiger partial charge in [0.05, 0.1) is 12.2 Å². The molecule has 1 heterocycles. The van der Waals surface area contributed by atoms with E-state index in [0.29, 0.717) is 13.1 Å². The van der Waals surface area contributed by atoms with Crippen molar-refractivity contribution in [3.8, 4) is 0 Å². The van der Waals surface area contributed by atoms with Crippen molar-refractivity contribution in [3.05, 3.63) is 29.8 Å². The average Bonchev–Trinajstić information content (AvgIpc) is 2.14. The molecule has 2 N–H and O–H groups in total. The second-order valence-electron chi connectivity index (χ2n) is 4.14.